The van der Waals surface area contributed by atoms with E-state index in [0.717, 1.165) is 6.54 Å². The van der Waals surface area contributed by atoms with Crippen molar-refractivity contribution >= 4 is 11.3 Å². The molecule has 0 fully saturated rings. The molecule has 1 aromatic heterocycles. The van der Waals surface area contributed by atoms with E-state index < -0.39 is 0 Å². The molecule has 1 atom stereocenters. The van der Waals surface area contributed by atoms with E-state index in [9.17, 15) is 0 Å². The number of unbranched alkanes of at least 4 members (excludes halogenated alkanes) is 1. The summed E-state index contributed by atoms with van der Waals surface area (Å²) in [4.78, 5) is 4.26. The predicted octanol–water partition coefficient (Wildman–Crippen LogP) is 3.20. The summed E-state index contributed by atoms with van der Waals surface area (Å²) < 4.78 is 0. The number of aromatic nitrogens is 1. The molecule has 0 saturated heterocycles. The molecule has 0 aliphatic rings. The number of rotatable bonds is 7. The third-order valence-electron chi connectivity index (χ3n) is 2.45. The fraction of sp³-hybridized carbons (Fsp3) is 0.727. The Balaban J connectivity index is 2.20. The monoisotopic (exact) mass is 212 g/mol. The Kier molecular flexibility index (Phi) is 5.80. The van der Waals surface area contributed by atoms with E-state index >= 15 is 0 Å². The van der Waals surface area contributed by atoms with Crippen molar-refractivity contribution in [3.8, 4) is 0 Å². The highest BCUT2D eigenvalue weighted by Crippen LogP contribution is 2.06. The molecule has 1 N–H and O–H groups in total. The number of thiazole rings is 1. The van der Waals surface area contributed by atoms with Gasteiger partial charge in [0.25, 0.3) is 0 Å². The second kappa shape index (κ2) is 6.96. The highest BCUT2D eigenvalue weighted by Gasteiger charge is 2.04. The van der Waals surface area contributed by atoms with Crippen LogP contribution in [0.2, 0.25) is 0 Å². The Morgan fingerprint density at radius 2 is 2.36 bits per heavy atom. The molecule has 1 heterocycles. The van der Waals surface area contributed by atoms with Crippen LogP contribution in [0.3, 0.4) is 0 Å². The molecule has 3 heteroatoms. The van der Waals surface area contributed by atoms with Crippen molar-refractivity contribution in [2.24, 2.45) is 0 Å². The standard InChI is InChI=1S/C11H20N2S/c1-3-5-6-10(4-2)12-7-11-8-14-9-13-11/h8-10,12H,3-7H2,1-2H3. The summed E-state index contributed by atoms with van der Waals surface area (Å²) in [5.41, 5.74) is 3.06. The van der Waals surface area contributed by atoms with Crippen molar-refractivity contribution in [2.75, 3.05) is 0 Å². The zero-order valence-corrected chi connectivity index (χ0v) is 9.94. The van der Waals surface area contributed by atoms with Crippen LogP contribution in [-0.4, -0.2) is 11.0 Å². The lowest BCUT2D eigenvalue weighted by Crippen LogP contribution is -2.27. The molecular formula is C11H20N2S. The van der Waals surface area contributed by atoms with E-state index in [0.29, 0.717) is 6.04 Å². The minimum Gasteiger partial charge on any atom is -0.308 e. The second-order valence-electron chi connectivity index (χ2n) is 3.61. The summed E-state index contributed by atoms with van der Waals surface area (Å²) in [7, 11) is 0. The van der Waals surface area contributed by atoms with Crippen LogP contribution in [0.4, 0.5) is 0 Å². The maximum atomic E-state index is 4.26. The van der Waals surface area contributed by atoms with Gasteiger partial charge in [-0.3, -0.25) is 0 Å². The molecule has 0 aliphatic carbocycles. The van der Waals surface area contributed by atoms with Gasteiger partial charge in [-0.05, 0) is 12.8 Å². The number of hydrogen-bond acceptors (Lipinski definition) is 3. The van der Waals surface area contributed by atoms with Gasteiger partial charge in [-0.15, -0.1) is 11.3 Å². The van der Waals surface area contributed by atoms with E-state index in [1.807, 2.05) is 5.51 Å². The molecule has 0 aliphatic heterocycles. The molecular weight excluding hydrogens is 192 g/mol. The van der Waals surface area contributed by atoms with Crippen molar-refractivity contribution < 1.29 is 0 Å². The van der Waals surface area contributed by atoms with E-state index in [4.69, 9.17) is 0 Å². The van der Waals surface area contributed by atoms with Crippen LogP contribution in [-0.2, 0) is 6.54 Å². The van der Waals surface area contributed by atoms with Crippen LogP contribution in [0.25, 0.3) is 0 Å². The summed E-state index contributed by atoms with van der Waals surface area (Å²) in [6.07, 6.45) is 5.11. The lowest BCUT2D eigenvalue weighted by Gasteiger charge is -2.15. The molecule has 1 rings (SSSR count). The summed E-state index contributed by atoms with van der Waals surface area (Å²) in [6.45, 7) is 5.41. The third-order valence-corrected chi connectivity index (χ3v) is 3.09. The zero-order chi connectivity index (χ0) is 10.2. The second-order valence-corrected chi connectivity index (χ2v) is 4.33. The molecule has 0 saturated carbocycles. The van der Waals surface area contributed by atoms with Crippen molar-refractivity contribution in [3.05, 3.63) is 16.6 Å². The Bertz CT molecular complexity index is 221. The lowest BCUT2D eigenvalue weighted by atomic mass is 10.1. The predicted molar refractivity (Wildman–Crippen MR) is 62.6 cm³/mol. The van der Waals surface area contributed by atoms with E-state index in [1.54, 1.807) is 11.3 Å². The van der Waals surface area contributed by atoms with Crippen LogP contribution in [0.1, 0.15) is 45.2 Å². The van der Waals surface area contributed by atoms with Gasteiger partial charge in [-0.2, -0.15) is 0 Å². The number of nitrogens with one attached hydrogen (secondary N) is 1. The van der Waals surface area contributed by atoms with Crippen LogP contribution in [0.15, 0.2) is 10.9 Å². The van der Waals surface area contributed by atoms with Gasteiger partial charge in [0.2, 0.25) is 0 Å². The topological polar surface area (TPSA) is 24.9 Å². The molecule has 1 aromatic rings. The first kappa shape index (κ1) is 11.7. The van der Waals surface area contributed by atoms with Gasteiger partial charge >= 0.3 is 0 Å². The molecule has 80 valence electrons. The van der Waals surface area contributed by atoms with Crippen molar-refractivity contribution in [1.29, 1.82) is 0 Å². The van der Waals surface area contributed by atoms with Gasteiger partial charge in [-0.1, -0.05) is 26.7 Å². The number of hydrogen-bond donors (Lipinski definition) is 1. The summed E-state index contributed by atoms with van der Waals surface area (Å²) >= 11 is 1.67. The van der Waals surface area contributed by atoms with Gasteiger partial charge in [0.1, 0.15) is 0 Å². The van der Waals surface area contributed by atoms with Crippen LogP contribution >= 0.6 is 11.3 Å². The van der Waals surface area contributed by atoms with Gasteiger partial charge in [-0.25, -0.2) is 4.98 Å². The Morgan fingerprint density at radius 3 is 2.93 bits per heavy atom. The van der Waals surface area contributed by atoms with Crippen molar-refractivity contribution in [3.63, 3.8) is 0 Å². The minimum absolute atomic E-state index is 0.664. The average Bonchev–Trinajstić information content (AvgIpc) is 2.71. The SMILES string of the molecule is CCCCC(CC)NCc1cscn1. The smallest absolute Gasteiger partial charge is 0.0795 e. The highest BCUT2D eigenvalue weighted by molar-refractivity contribution is 7.07. The fourth-order valence-corrected chi connectivity index (χ4v) is 2.03. The summed E-state index contributed by atoms with van der Waals surface area (Å²) in [5, 5.41) is 5.66. The molecule has 0 spiro atoms. The van der Waals surface area contributed by atoms with Crippen molar-refractivity contribution in [2.45, 2.75) is 52.1 Å². The van der Waals surface area contributed by atoms with Gasteiger partial charge in [0.15, 0.2) is 0 Å². The molecule has 1 unspecified atom stereocenters. The van der Waals surface area contributed by atoms with Gasteiger partial charge in [0, 0.05) is 18.0 Å². The first-order valence-electron chi connectivity index (χ1n) is 5.47. The van der Waals surface area contributed by atoms with Crippen molar-refractivity contribution in [1.82, 2.24) is 10.3 Å². The van der Waals surface area contributed by atoms with Crippen LogP contribution in [0.5, 0.6) is 0 Å². The van der Waals surface area contributed by atoms with E-state index in [-0.39, 0.29) is 0 Å². The first-order valence-corrected chi connectivity index (χ1v) is 6.41. The molecule has 14 heavy (non-hydrogen) atoms. The third kappa shape index (κ3) is 4.20. The van der Waals surface area contributed by atoms with Gasteiger partial charge in [0.05, 0.1) is 11.2 Å². The quantitative estimate of drug-likeness (QED) is 0.750. The van der Waals surface area contributed by atoms with Crippen LogP contribution in [0, 0.1) is 0 Å². The first-order chi connectivity index (χ1) is 6.86. The fourth-order valence-electron chi connectivity index (χ4n) is 1.47. The summed E-state index contributed by atoms with van der Waals surface area (Å²) in [5.74, 6) is 0. The van der Waals surface area contributed by atoms with Gasteiger partial charge < -0.3 is 5.32 Å². The average molecular weight is 212 g/mol. The number of nitrogens with zero attached hydrogens (tertiary/aromatic N) is 1. The largest absolute Gasteiger partial charge is 0.308 e. The lowest BCUT2D eigenvalue weighted by molar-refractivity contribution is 0.450. The highest BCUT2D eigenvalue weighted by atomic mass is 32.1. The molecule has 2 nitrogen and oxygen atoms in total. The molecule has 0 aromatic carbocycles. The molecule has 0 amide bonds. The molecule has 0 bridgehead atoms. The molecule has 0 radical (unpaired) electrons. The summed E-state index contributed by atoms with van der Waals surface area (Å²) in [6, 6.07) is 0.664. The van der Waals surface area contributed by atoms with E-state index in [2.05, 4.69) is 29.5 Å². The van der Waals surface area contributed by atoms with E-state index in [1.165, 1.54) is 31.4 Å². The van der Waals surface area contributed by atoms with Crippen LogP contribution < -0.4 is 5.32 Å². The maximum Gasteiger partial charge on any atom is 0.0795 e. The maximum absolute atomic E-state index is 4.26. The Hall–Kier alpha value is -0.410. The zero-order valence-electron chi connectivity index (χ0n) is 9.12. The normalized spacial score (nSPS) is 13.0. The minimum atomic E-state index is 0.664. The Labute approximate surface area is 90.8 Å². The Morgan fingerprint density at radius 1 is 1.50 bits per heavy atom.